The molecule has 1 aliphatic rings. The Labute approximate surface area is 133 Å². The van der Waals surface area contributed by atoms with Gasteiger partial charge >= 0.3 is 0 Å². The molecule has 0 spiro atoms. The number of nitrogens with zero attached hydrogens (tertiary/aromatic N) is 1. The van der Waals surface area contributed by atoms with Crippen LogP contribution in [0.15, 0.2) is 36.4 Å². The van der Waals surface area contributed by atoms with Gasteiger partial charge in [0.2, 0.25) is 0 Å². The van der Waals surface area contributed by atoms with Crippen LogP contribution in [0.1, 0.15) is 68.4 Å². The van der Waals surface area contributed by atoms with E-state index in [1.165, 1.54) is 44.1 Å². The predicted molar refractivity (Wildman–Crippen MR) is 89.4 cm³/mol. The fraction of sp³-hybridized carbons (Fsp3) is 0.550. The Balaban J connectivity index is 1.68. The van der Waals surface area contributed by atoms with Crippen LogP contribution in [0.3, 0.4) is 0 Å². The lowest BCUT2D eigenvalue weighted by molar-refractivity contribution is 0.305. The molecular weight excluding hydrogens is 273 g/mol. The highest BCUT2D eigenvalue weighted by Crippen LogP contribution is 2.37. The van der Waals surface area contributed by atoms with Crippen LogP contribution in [-0.2, 0) is 0 Å². The normalized spacial score (nSPS) is 21.8. The Hall–Kier alpha value is -1.62. The van der Waals surface area contributed by atoms with Gasteiger partial charge in [0, 0.05) is 0 Å². The summed E-state index contributed by atoms with van der Waals surface area (Å²) < 4.78 is 11.9. The van der Waals surface area contributed by atoms with Gasteiger partial charge in [-0.1, -0.05) is 30.7 Å². The number of alkyl halides is 1. The molecule has 0 aliphatic heterocycles. The molecule has 0 amide bonds. The number of hydrogen-bond donors (Lipinski definition) is 0. The van der Waals surface area contributed by atoms with Gasteiger partial charge in [0.1, 0.15) is 0 Å². The van der Waals surface area contributed by atoms with Gasteiger partial charge in [-0.2, -0.15) is 5.26 Å². The van der Waals surface area contributed by atoms with Gasteiger partial charge in [0.15, 0.2) is 0 Å². The molecule has 0 radical (unpaired) electrons. The van der Waals surface area contributed by atoms with Gasteiger partial charge in [-0.05, 0) is 74.5 Å². The van der Waals surface area contributed by atoms with Crippen molar-refractivity contribution in [3.05, 3.63) is 47.5 Å². The van der Waals surface area contributed by atoms with Crippen molar-refractivity contribution in [2.75, 3.05) is 6.67 Å². The Kier molecular flexibility index (Phi) is 7.16. The summed E-state index contributed by atoms with van der Waals surface area (Å²) in [6, 6.07) is 10.3. The van der Waals surface area contributed by atoms with Gasteiger partial charge in [-0.25, -0.2) is 0 Å². The fourth-order valence-corrected chi connectivity index (χ4v) is 3.44. The van der Waals surface area contributed by atoms with Crippen LogP contribution in [0.4, 0.5) is 4.39 Å². The van der Waals surface area contributed by atoms with Gasteiger partial charge in [0.25, 0.3) is 0 Å². The zero-order valence-electron chi connectivity index (χ0n) is 13.3. The van der Waals surface area contributed by atoms with Crippen LogP contribution in [0.2, 0.25) is 0 Å². The molecule has 1 aromatic rings. The summed E-state index contributed by atoms with van der Waals surface area (Å²) in [5.41, 5.74) is 2.14. The van der Waals surface area contributed by atoms with Crippen LogP contribution in [0.5, 0.6) is 0 Å². The van der Waals surface area contributed by atoms with E-state index in [-0.39, 0.29) is 6.67 Å². The summed E-state index contributed by atoms with van der Waals surface area (Å²) in [6.45, 7) is -0.240. The molecule has 1 fully saturated rings. The summed E-state index contributed by atoms with van der Waals surface area (Å²) in [7, 11) is 0. The maximum Gasteiger partial charge on any atom is 0.0991 e. The minimum absolute atomic E-state index is 0.240. The van der Waals surface area contributed by atoms with E-state index in [1.54, 1.807) is 0 Å². The highest BCUT2D eigenvalue weighted by atomic mass is 19.1. The summed E-state index contributed by atoms with van der Waals surface area (Å²) in [5.74, 6) is 1.54. The highest BCUT2D eigenvalue weighted by molar-refractivity contribution is 5.33. The molecule has 2 heteroatoms. The van der Waals surface area contributed by atoms with Crippen LogP contribution >= 0.6 is 0 Å². The molecule has 0 atom stereocenters. The topological polar surface area (TPSA) is 23.8 Å². The van der Waals surface area contributed by atoms with Crippen LogP contribution < -0.4 is 0 Å². The molecule has 0 bridgehead atoms. The van der Waals surface area contributed by atoms with Gasteiger partial charge < -0.3 is 0 Å². The summed E-state index contributed by atoms with van der Waals surface area (Å²) in [4.78, 5) is 0. The average Bonchev–Trinajstić information content (AvgIpc) is 2.59. The van der Waals surface area contributed by atoms with Crippen LogP contribution in [0.25, 0.3) is 0 Å². The average molecular weight is 299 g/mol. The third kappa shape index (κ3) is 5.30. The van der Waals surface area contributed by atoms with Crippen molar-refractivity contribution in [3.8, 4) is 6.07 Å². The van der Waals surface area contributed by atoms with E-state index in [9.17, 15) is 4.39 Å². The second-order valence-corrected chi connectivity index (χ2v) is 6.33. The number of nitriles is 1. The second-order valence-electron chi connectivity index (χ2n) is 6.33. The van der Waals surface area contributed by atoms with Crippen LogP contribution in [0, 0.1) is 17.2 Å². The zero-order chi connectivity index (χ0) is 15.6. The third-order valence-electron chi connectivity index (χ3n) is 4.78. The van der Waals surface area contributed by atoms with E-state index < -0.39 is 0 Å². The van der Waals surface area contributed by atoms with E-state index in [2.05, 4.69) is 24.3 Å². The van der Waals surface area contributed by atoms with Gasteiger partial charge in [-0.15, -0.1) is 0 Å². The first-order chi connectivity index (χ1) is 10.8. The van der Waals surface area contributed by atoms with Gasteiger partial charge in [0.05, 0.1) is 18.3 Å². The number of rotatable bonds is 7. The fourth-order valence-electron chi connectivity index (χ4n) is 3.44. The molecule has 1 nitrogen and oxygen atoms in total. The number of hydrogen-bond acceptors (Lipinski definition) is 1. The van der Waals surface area contributed by atoms with Crippen molar-refractivity contribution in [2.45, 2.75) is 57.3 Å². The molecule has 1 saturated carbocycles. The molecule has 0 unspecified atom stereocenters. The maximum absolute atomic E-state index is 11.9. The van der Waals surface area contributed by atoms with E-state index in [1.807, 2.05) is 18.2 Å². The predicted octanol–water partition coefficient (Wildman–Crippen LogP) is 5.92. The number of halogens is 1. The van der Waals surface area contributed by atoms with Crippen LogP contribution in [-0.4, -0.2) is 6.67 Å². The Morgan fingerprint density at radius 1 is 1.05 bits per heavy atom. The lowest BCUT2D eigenvalue weighted by atomic mass is 9.77. The van der Waals surface area contributed by atoms with Crippen molar-refractivity contribution >= 4 is 0 Å². The maximum atomic E-state index is 11.9. The van der Waals surface area contributed by atoms with Crippen molar-refractivity contribution in [1.82, 2.24) is 0 Å². The molecule has 0 saturated heterocycles. The van der Waals surface area contributed by atoms with E-state index >= 15 is 0 Å². The molecule has 22 heavy (non-hydrogen) atoms. The lowest BCUT2D eigenvalue weighted by Crippen LogP contribution is -2.13. The first kappa shape index (κ1) is 16.7. The Morgan fingerprint density at radius 3 is 2.36 bits per heavy atom. The monoisotopic (exact) mass is 299 g/mol. The lowest BCUT2D eigenvalue weighted by Gasteiger charge is -2.28. The summed E-state index contributed by atoms with van der Waals surface area (Å²) >= 11 is 0. The standard InChI is InChI=1S/C20H26FN/c21-15-5-3-1-2-4-6-17-7-11-19(12-8-17)20-13-9-18(16-22)10-14-20/h1,3,9-10,13-14,17,19H,2,4-8,11-12,15H2/b3-1+. The van der Waals surface area contributed by atoms with Gasteiger partial charge in [-0.3, -0.25) is 4.39 Å². The number of unbranched alkanes of at least 4 members (excludes halogenated alkanes) is 1. The van der Waals surface area contributed by atoms with E-state index in [4.69, 9.17) is 5.26 Å². The second kappa shape index (κ2) is 9.41. The SMILES string of the molecule is N#Cc1ccc(C2CCC(CCC/C=C/CCF)CC2)cc1. The number of benzene rings is 1. The smallest absolute Gasteiger partial charge is 0.0991 e. The molecule has 118 valence electrons. The molecule has 0 N–H and O–H groups in total. The highest BCUT2D eigenvalue weighted by Gasteiger charge is 2.21. The number of allylic oxidation sites excluding steroid dienone is 2. The van der Waals surface area contributed by atoms with E-state index in [0.29, 0.717) is 12.3 Å². The molecule has 2 rings (SSSR count). The molecule has 1 aromatic carbocycles. The summed E-state index contributed by atoms with van der Waals surface area (Å²) in [5, 5.41) is 8.85. The molecule has 0 heterocycles. The molecule has 1 aliphatic carbocycles. The Bertz CT molecular complexity index is 489. The quantitative estimate of drug-likeness (QED) is 0.453. The van der Waals surface area contributed by atoms with E-state index in [0.717, 1.165) is 17.9 Å². The molecular formula is C20H26FN. The largest absolute Gasteiger partial charge is 0.251 e. The van der Waals surface area contributed by atoms with Crippen molar-refractivity contribution in [3.63, 3.8) is 0 Å². The third-order valence-corrected chi connectivity index (χ3v) is 4.78. The van der Waals surface area contributed by atoms with Crippen molar-refractivity contribution in [1.29, 1.82) is 5.26 Å². The molecule has 0 aromatic heterocycles. The minimum atomic E-state index is -0.240. The zero-order valence-corrected chi connectivity index (χ0v) is 13.3. The minimum Gasteiger partial charge on any atom is -0.251 e. The summed E-state index contributed by atoms with van der Waals surface area (Å²) in [6.07, 6.45) is 13.5. The van der Waals surface area contributed by atoms with Crippen molar-refractivity contribution in [2.24, 2.45) is 5.92 Å². The first-order valence-corrected chi connectivity index (χ1v) is 8.54. The Morgan fingerprint density at radius 2 is 1.73 bits per heavy atom. The van der Waals surface area contributed by atoms with Crippen molar-refractivity contribution < 1.29 is 4.39 Å². The first-order valence-electron chi connectivity index (χ1n) is 8.54.